The summed E-state index contributed by atoms with van der Waals surface area (Å²) in [6.45, 7) is 15.5. The number of rotatable bonds is 5. The molecular weight excluding hydrogens is 827 g/mol. The predicted molar refractivity (Wildman–Crippen MR) is 216 cm³/mol. The fourth-order valence-corrected chi connectivity index (χ4v) is 6.61. The molecule has 5 heteroatoms. The van der Waals surface area contributed by atoms with E-state index >= 15 is 0 Å². The van der Waals surface area contributed by atoms with Crippen LogP contribution >= 0.6 is 0 Å². The van der Waals surface area contributed by atoms with Gasteiger partial charge in [-0.2, -0.15) is 0 Å². The van der Waals surface area contributed by atoms with E-state index in [4.69, 9.17) is 9.40 Å². The first kappa shape index (κ1) is 37.8. The minimum atomic E-state index is 0. The van der Waals surface area contributed by atoms with Crippen molar-refractivity contribution in [2.24, 2.45) is 10.8 Å². The fourth-order valence-electron chi connectivity index (χ4n) is 6.61. The molecule has 269 valence electrons. The van der Waals surface area contributed by atoms with Crippen molar-refractivity contribution in [2.45, 2.75) is 61.3 Å². The topological polar surface area (TPSA) is 51.8 Å². The molecule has 0 bridgehead atoms. The molecule has 0 N–H and O–H groups in total. The zero-order chi connectivity index (χ0) is 36.5. The number of hydrogen-bond acceptors (Lipinski definition) is 4. The quantitative estimate of drug-likeness (QED) is 0.162. The number of furan rings is 1. The van der Waals surface area contributed by atoms with E-state index in [0.717, 1.165) is 79.5 Å². The van der Waals surface area contributed by atoms with Crippen LogP contribution in [0.2, 0.25) is 0 Å². The van der Waals surface area contributed by atoms with Crippen LogP contribution in [-0.4, -0.2) is 15.0 Å². The van der Waals surface area contributed by atoms with Gasteiger partial charge in [0.15, 0.2) is 0 Å². The molecule has 0 aliphatic carbocycles. The summed E-state index contributed by atoms with van der Waals surface area (Å²) in [4.78, 5) is 14.0. The monoisotopic (exact) mass is 872 g/mol. The summed E-state index contributed by atoms with van der Waals surface area (Å²) in [5, 5.41) is 3.24. The molecule has 1 radical (unpaired) electrons. The van der Waals surface area contributed by atoms with Gasteiger partial charge in [-0.1, -0.05) is 113 Å². The van der Waals surface area contributed by atoms with Crippen LogP contribution in [0.5, 0.6) is 0 Å². The Morgan fingerprint density at radius 2 is 1.40 bits per heavy atom. The minimum Gasteiger partial charge on any atom is -0.498 e. The Balaban J connectivity index is 0.000000183. The van der Waals surface area contributed by atoms with Gasteiger partial charge in [0, 0.05) is 49.0 Å². The summed E-state index contributed by atoms with van der Waals surface area (Å²) in [6, 6.07) is 44.2. The van der Waals surface area contributed by atoms with E-state index in [1.54, 1.807) is 0 Å². The van der Waals surface area contributed by atoms with Crippen molar-refractivity contribution in [1.82, 2.24) is 15.0 Å². The first-order valence-corrected chi connectivity index (χ1v) is 18.0. The van der Waals surface area contributed by atoms with Gasteiger partial charge in [0.1, 0.15) is 11.1 Å². The van der Waals surface area contributed by atoms with Crippen LogP contribution < -0.4 is 0 Å². The molecule has 0 spiro atoms. The van der Waals surface area contributed by atoms with Crippen molar-refractivity contribution < 1.29 is 24.5 Å². The molecule has 8 aromatic rings. The normalized spacial score (nSPS) is 11.7. The largest absolute Gasteiger partial charge is 0.498 e. The van der Waals surface area contributed by atoms with Crippen molar-refractivity contribution in [1.29, 1.82) is 0 Å². The zero-order valence-electron chi connectivity index (χ0n) is 31.5. The molecule has 4 heterocycles. The van der Waals surface area contributed by atoms with Gasteiger partial charge < -0.3 is 14.4 Å². The second-order valence-electron chi connectivity index (χ2n) is 16.1. The molecule has 0 atom stereocenters. The van der Waals surface area contributed by atoms with Crippen LogP contribution in [0.1, 0.15) is 58.4 Å². The van der Waals surface area contributed by atoms with E-state index in [9.17, 15) is 0 Å². The summed E-state index contributed by atoms with van der Waals surface area (Å²) in [5.74, 6) is 0. The van der Waals surface area contributed by atoms with E-state index in [2.05, 4.69) is 136 Å². The fraction of sp³-hybridized carbons (Fsp3) is 0.229. The standard InChI is InChI=1S/C26H23N2O.C22H22N.Ir/c1-16-8-13-22(27-15-16)21-7-5-6-19-20-12-10-17-9-11-18(14-26(2,3)4)28-23(17)25(20)29-24(19)21;1-22(2,3)16-17-9-11-18(12-10-17)20-13-14-23-21(15-20)19-7-5-4-6-8-19;/h5-6,8-13,15H,14H2,1-4H3;4-7,9-15H,16H2,1-3H3;/q2*-1;. The first-order valence-electron chi connectivity index (χ1n) is 18.0. The molecule has 0 saturated carbocycles. The molecule has 0 amide bonds. The Kier molecular flexibility index (Phi) is 11.1. The Morgan fingerprint density at radius 3 is 2.09 bits per heavy atom. The number of pyridine rings is 3. The van der Waals surface area contributed by atoms with Gasteiger partial charge in [-0.3, -0.25) is 0 Å². The molecule has 53 heavy (non-hydrogen) atoms. The van der Waals surface area contributed by atoms with Gasteiger partial charge in [-0.15, -0.1) is 54.1 Å². The Bertz CT molecular complexity index is 2470. The maximum atomic E-state index is 6.43. The maximum absolute atomic E-state index is 6.43. The summed E-state index contributed by atoms with van der Waals surface area (Å²) in [7, 11) is 0. The van der Waals surface area contributed by atoms with Gasteiger partial charge in [-0.25, -0.2) is 4.98 Å². The second-order valence-corrected chi connectivity index (χ2v) is 16.1. The average molecular weight is 872 g/mol. The van der Waals surface area contributed by atoms with Crippen molar-refractivity contribution in [3.63, 3.8) is 0 Å². The summed E-state index contributed by atoms with van der Waals surface area (Å²) in [6.07, 6.45) is 5.76. The Hall–Kier alpha value is -4.96. The molecule has 0 saturated heterocycles. The predicted octanol–water partition coefficient (Wildman–Crippen LogP) is 12.7. The average Bonchev–Trinajstić information content (AvgIpc) is 3.51. The van der Waals surface area contributed by atoms with E-state index in [-0.39, 0.29) is 25.5 Å². The summed E-state index contributed by atoms with van der Waals surface area (Å²) in [5.41, 5.74) is 12.8. The molecular formula is C48H45IrN3O-2. The van der Waals surface area contributed by atoms with Crippen LogP contribution in [0.25, 0.3) is 66.5 Å². The van der Waals surface area contributed by atoms with Crippen molar-refractivity contribution in [3.8, 4) is 33.6 Å². The third kappa shape index (κ3) is 8.99. The van der Waals surface area contributed by atoms with Gasteiger partial charge in [0.2, 0.25) is 0 Å². The van der Waals surface area contributed by atoms with Crippen LogP contribution in [0.4, 0.5) is 0 Å². The SMILES string of the molecule is CC(C)(C)Cc1ccc(-c2ccnc(-c3[c-]cccc3)c2)cc1.Cc1ccc(-c2[c-]ccc3c2oc2c3ccc3ccc(CC(C)(C)C)nc32)nc1.[Ir]. The second kappa shape index (κ2) is 15.6. The number of benzene rings is 4. The Morgan fingerprint density at radius 1 is 0.642 bits per heavy atom. The van der Waals surface area contributed by atoms with E-state index in [1.807, 2.05) is 55.7 Å². The number of fused-ring (bicyclic) bond motifs is 5. The molecule has 0 unspecified atom stereocenters. The summed E-state index contributed by atoms with van der Waals surface area (Å²) >= 11 is 0. The molecule has 0 aliphatic rings. The van der Waals surface area contributed by atoms with E-state index in [0.29, 0.717) is 5.41 Å². The molecule has 0 fully saturated rings. The third-order valence-electron chi connectivity index (χ3n) is 8.96. The van der Waals surface area contributed by atoms with Gasteiger partial charge in [0.05, 0.1) is 5.58 Å². The van der Waals surface area contributed by atoms with Crippen molar-refractivity contribution >= 4 is 32.8 Å². The third-order valence-corrected chi connectivity index (χ3v) is 8.96. The van der Waals surface area contributed by atoms with E-state index in [1.165, 1.54) is 16.7 Å². The number of hydrogen-bond donors (Lipinski definition) is 0. The van der Waals surface area contributed by atoms with Crippen LogP contribution in [0.15, 0.2) is 126 Å². The minimum absolute atomic E-state index is 0. The van der Waals surface area contributed by atoms with Crippen molar-refractivity contribution in [3.05, 3.63) is 151 Å². The number of nitrogens with zero attached hydrogens (tertiary/aromatic N) is 3. The van der Waals surface area contributed by atoms with Crippen LogP contribution in [-0.2, 0) is 32.9 Å². The van der Waals surface area contributed by atoms with Crippen LogP contribution in [0.3, 0.4) is 0 Å². The van der Waals surface area contributed by atoms with Gasteiger partial charge in [-0.05, 0) is 76.4 Å². The molecule has 8 rings (SSSR count). The Labute approximate surface area is 327 Å². The first-order chi connectivity index (χ1) is 24.9. The maximum Gasteiger partial charge on any atom is 0.147 e. The molecule has 0 aliphatic heterocycles. The van der Waals surface area contributed by atoms with Crippen molar-refractivity contribution in [2.75, 3.05) is 0 Å². The van der Waals surface area contributed by atoms with Crippen LogP contribution in [0, 0.1) is 29.9 Å². The smallest absolute Gasteiger partial charge is 0.147 e. The molecule has 4 aromatic heterocycles. The number of aromatic nitrogens is 3. The molecule has 4 nitrogen and oxygen atoms in total. The molecule has 4 aromatic carbocycles. The zero-order valence-corrected chi connectivity index (χ0v) is 33.9. The number of aryl methyl sites for hydroxylation is 1. The van der Waals surface area contributed by atoms with E-state index < -0.39 is 0 Å². The van der Waals surface area contributed by atoms with Gasteiger partial charge >= 0.3 is 0 Å². The summed E-state index contributed by atoms with van der Waals surface area (Å²) < 4.78 is 6.43. The van der Waals surface area contributed by atoms with Gasteiger partial charge in [0.25, 0.3) is 0 Å².